The van der Waals surface area contributed by atoms with Crippen molar-refractivity contribution >= 4 is 78.8 Å². The summed E-state index contributed by atoms with van der Waals surface area (Å²) < 4.78 is 135. The number of para-hydroxylation sites is 1. The second kappa shape index (κ2) is 19.6. The van der Waals surface area contributed by atoms with E-state index in [9.17, 15) is 53.9 Å². The Bertz CT molecular complexity index is 3800. The monoisotopic (exact) mass is 1080 g/mol. The number of carbonyl (C=O) groups excluding carboxylic acids is 4. The standard InChI is InChI=1S/C54H41F9N8O7/c55-52(56,57)49(73)76-42-16-15-41-45(47(42)77-50(74)53(58,59)60)44(46(71(41)78-51(75)54(61,62)63)48(72)70-27-25-69(26-28-70)40-10-4-8-36-33(40)18-20-65-36)31-13-11-30(12-14-31)43-34-5-1-2-6-37(34)66-38(43)29-67-21-23-68(24-22-67)39-9-3-7-35-32(39)17-19-64-35/h1-20,64-66H,21-29H2. The van der Waals surface area contributed by atoms with E-state index in [1.165, 1.54) is 17.0 Å². The van der Waals surface area contributed by atoms with Crippen LogP contribution in [-0.2, 0) is 20.9 Å². The molecule has 2 saturated heterocycles. The van der Waals surface area contributed by atoms with Crippen LogP contribution in [0.3, 0.4) is 0 Å². The zero-order valence-electron chi connectivity index (χ0n) is 40.4. The van der Waals surface area contributed by atoms with E-state index in [1.807, 2.05) is 71.8 Å². The number of alkyl halides is 9. The number of ether oxygens (including phenoxy) is 2. The largest absolute Gasteiger partial charge is 0.493 e. The number of fused-ring (bicyclic) bond motifs is 4. The first-order valence-corrected chi connectivity index (χ1v) is 24.2. The lowest BCUT2D eigenvalue weighted by molar-refractivity contribution is -0.199. The molecule has 0 atom stereocenters. The molecular formula is C54H41F9N8O7. The molecule has 6 heterocycles. The molecule has 2 aliphatic heterocycles. The number of hydrogen-bond acceptors (Lipinski definition) is 10. The predicted molar refractivity (Wildman–Crippen MR) is 268 cm³/mol. The second-order valence-corrected chi connectivity index (χ2v) is 18.5. The number of aromatic amines is 3. The highest BCUT2D eigenvalue weighted by Gasteiger charge is 2.47. The number of esters is 2. The Morgan fingerprint density at radius 1 is 0.513 bits per heavy atom. The highest BCUT2D eigenvalue weighted by atomic mass is 19.4. The molecule has 9 aromatic rings. The molecule has 1 amide bonds. The van der Waals surface area contributed by atoms with Gasteiger partial charge in [-0.3, -0.25) is 9.69 Å². The Balaban J connectivity index is 1.03. The molecule has 0 aliphatic carbocycles. The Kier molecular flexibility index (Phi) is 12.8. The molecule has 402 valence electrons. The van der Waals surface area contributed by atoms with E-state index in [0.717, 1.165) is 49.8 Å². The topological polar surface area (TPSA) is 161 Å². The van der Waals surface area contributed by atoms with E-state index in [0.29, 0.717) is 56.0 Å². The smallest absolute Gasteiger partial charge is 0.416 e. The maximum Gasteiger partial charge on any atom is 0.493 e. The molecule has 0 radical (unpaired) electrons. The van der Waals surface area contributed by atoms with Crippen LogP contribution >= 0.6 is 0 Å². The fraction of sp³-hybridized carbons (Fsp3) is 0.222. The van der Waals surface area contributed by atoms with E-state index >= 15 is 4.79 Å². The van der Waals surface area contributed by atoms with Gasteiger partial charge in [0, 0.05) is 132 Å². The number of nitrogens with one attached hydrogen (secondary N) is 3. The van der Waals surface area contributed by atoms with Crippen LogP contribution in [0.25, 0.3) is 65.9 Å². The zero-order chi connectivity index (χ0) is 54.8. The molecule has 5 aromatic carbocycles. The van der Waals surface area contributed by atoms with Gasteiger partial charge >= 0.3 is 36.4 Å². The summed E-state index contributed by atoms with van der Waals surface area (Å²) >= 11 is 0. The van der Waals surface area contributed by atoms with Gasteiger partial charge in [0.25, 0.3) is 5.91 Å². The summed E-state index contributed by atoms with van der Waals surface area (Å²) in [6.45, 7) is 3.17. The van der Waals surface area contributed by atoms with Gasteiger partial charge in [-0.2, -0.15) is 44.2 Å². The van der Waals surface area contributed by atoms with Crippen molar-refractivity contribution in [3.63, 3.8) is 0 Å². The van der Waals surface area contributed by atoms with Gasteiger partial charge in [-0.15, -0.1) is 0 Å². The average molecular weight is 1080 g/mol. The van der Waals surface area contributed by atoms with E-state index in [-0.39, 0.29) is 36.5 Å². The molecule has 0 spiro atoms. The van der Waals surface area contributed by atoms with Gasteiger partial charge in [0.1, 0.15) is 0 Å². The number of piperazine rings is 2. The summed E-state index contributed by atoms with van der Waals surface area (Å²) in [4.78, 5) is 75.4. The number of nitrogens with zero attached hydrogens (tertiary/aromatic N) is 5. The van der Waals surface area contributed by atoms with Gasteiger partial charge in [-0.25, -0.2) is 14.4 Å². The lowest BCUT2D eigenvalue weighted by Crippen LogP contribution is -2.49. The third kappa shape index (κ3) is 9.55. The molecule has 78 heavy (non-hydrogen) atoms. The third-order valence-electron chi connectivity index (χ3n) is 13.9. The fourth-order valence-corrected chi connectivity index (χ4v) is 10.3. The van der Waals surface area contributed by atoms with Crippen LogP contribution in [0.5, 0.6) is 11.5 Å². The Morgan fingerprint density at radius 3 is 1.62 bits per heavy atom. The van der Waals surface area contributed by atoms with Gasteiger partial charge < -0.3 is 44.0 Å². The maximum atomic E-state index is 15.2. The van der Waals surface area contributed by atoms with Gasteiger partial charge in [0.15, 0.2) is 17.2 Å². The molecule has 24 heteroatoms. The predicted octanol–water partition coefficient (Wildman–Crippen LogP) is 10.2. The van der Waals surface area contributed by atoms with Crippen LogP contribution in [0.2, 0.25) is 0 Å². The van der Waals surface area contributed by atoms with Crippen LogP contribution in [0.15, 0.2) is 122 Å². The van der Waals surface area contributed by atoms with Crippen molar-refractivity contribution in [3.05, 3.63) is 133 Å². The fourth-order valence-electron chi connectivity index (χ4n) is 10.3. The van der Waals surface area contributed by atoms with E-state index in [1.54, 1.807) is 24.4 Å². The van der Waals surface area contributed by atoms with E-state index in [4.69, 9.17) is 9.57 Å². The normalized spacial score (nSPS) is 15.0. The van der Waals surface area contributed by atoms with Crippen LogP contribution < -0.4 is 24.1 Å². The number of halogens is 9. The zero-order valence-corrected chi connectivity index (χ0v) is 40.4. The van der Waals surface area contributed by atoms with Crippen molar-refractivity contribution in [3.8, 4) is 33.8 Å². The van der Waals surface area contributed by atoms with Crippen LogP contribution in [0, 0.1) is 0 Å². The van der Waals surface area contributed by atoms with Crippen molar-refractivity contribution in [1.29, 1.82) is 0 Å². The number of H-pyrrole nitrogens is 3. The molecule has 0 unspecified atom stereocenters. The van der Waals surface area contributed by atoms with E-state index < -0.39 is 76.0 Å². The quantitative estimate of drug-likeness (QED) is 0.0683. The number of anilines is 2. The number of benzene rings is 5. The number of carbonyl (C=O) groups is 4. The van der Waals surface area contributed by atoms with Crippen molar-refractivity contribution < 1.29 is 73.0 Å². The highest BCUT2D eigenvalue weighted by Crippen LogP contribution is 2.47. The maximum absolute atomic E-state index is 15.2. The number of aromatic nitrogens is 4. The summed E-state index contributed by atoms with van der Waals surface area (Å²) in [5, 5.41) is 1.74. The first-order chi connectivity index (χ1) is 37.2. The van der Waals surface area contributed by atoms with Crippen molar-refractivity contribution in [1.82, 2.24) is 29.5 Å². The third-order valence-corrected chi connectivity index (χ3v) is 13.9. The highest BCUT2D eigenvalue weighted by molar-refractivity contribution is 6.14. The minimum absolute atomic E-state index is 0.0696. The van der Waals surface area contributed by atoms with Crippen LogP contribution in [-0.4, -0.2) is 124 Å². The van der Waals surface area contributed by atoms with Crippen molar-refractivity contribution in [2.45, 2.75) is 25.1 Å². The van der Waals surface area contributed by atoms with Gasteiger partial charge in [-0.1, -0.05) is 54.6 Å². The lowest BCUT2D eigenvalue weighted by Gasteiger charge is -2.36. The first kappa shape index (κ1) is 51.2. The molecule has 3 N–H and O–H groups in total. The first-order valence-electron chi connectivity index (χ1n) is 24.2. The van der Waals surface area contributed by atoms with E-state index in [2.05, 4.69) is 35.6 Å². The summed E-state index contributed by atoms with van der Waals surface area (Å²) in [6, 6.07) is 29.6. The molecule has 15 nitrogen and oxygen atoms in total. The molecular weight excluding hydrogens is 1040 g/mol. The second-order valence-electron chi connectivity index (χ2n) is 18.5. The molecule has 11 rings (SSSR count). The molecule has 2 fully saturated rings. The molecule has 2 aliphatic rings. The van der Waals surface area contributed by atoms with Crippen LogP contribution in [0.1, 0.15) is 16.2 Å². The summed E-state index contributed by atoms with van der Waals surface area (Å²) in [6.07, 6.45) is -13.8. The van der Waals surface area contributed by atoms with Gasteiger partial charge in [-0.05, 0) is 65.7 Å². The Hall–Kier alpha value is -8.93. The number of hydrogen-bond donors (Lipinski definition) is 3. The number of rotatable bonds is 10. The Labute approximate surface area is 434 Å². The Morgan fingerprint density at radius 2 is 1.04 bits per heavy atom. The molecule has 0 bridgehead atoms. The summed E-state index contributed by atoms with van der Waals surface area (Å²) in [7, 11) is 0. The van der Waals surface area contributed by atoms with Gasteiger partial charge in [0.2, 0.25) is 0 Å². The van der Waals surface area contributed by atoms with Crippen molar-refractivity contribution in [2.75, 3.05) is 62.2 Å². The minimum atomic E-state index is -5.87. The van der Waals surface area contributed by atoms with Crippen LogP contribution in [0.4, 0.5) is 50.9 Å². The lowest BCUT2D eigenvalue weighted by atomic mass is 9.95. The summed E-state index contributed by atoms with van der Waals surface area (Å²) in [5.41, 5.74) is 3.77. The van der Waals surface area contributed by atoms with Gasteiger partial charge in [0.05, 0.1) is 10.9 Å². The van der Waals surface area contributed by atoms with Crippen molar-refractivity contribution in [2.24, 2.45) is 0 Å². The average Bonchev–Trinajstić information content (AvgIpc) is 4.33. The molecule has 4 aromatic heterocycles. The number of amides is 1. The summed E-state index contributed by atoms with van der Waals surface area (Å²) in [5.74, 6) is -13.2. The minimum Gasteiger partial charge on any atom is -0.416 e. The molecule has 0 saturated carbocycles. The SMILES string of the molecule is O=C(c1c(-c2ccc(-c3c(CN4CCN(c5cccc6[nH]ccc56)CC4)[nH]c4ccccc34)cc2)c2c(OC(=O)C(F)(F)F)c(OC(=O)C(F)(F)F)ccc2n1OC(=O)C(F)(F)F)N1CCN(c2cccc3[nH]ccc23)CC1.